The molecule has 0 saturated heterocycles. The average Bonchev–Trinajstić information content (AvgIpc) is 2.91. The number of Topliss-reactive ketones (excluding diaryl/α,β-unsaturated/α-hetero) is 1. The minimum absolute atomic E-state index is 0.0936. The van der Waals surface area contributed by atoms with Crippen LogP contribution in [-0.2, 0) is 14.4 Å². The lowest BCUT2D eigenvalue weighted by Crippen LogP contribution is -2.27. The van der Waals surface area contributed by atoms with Crippen LogP contribution in [0.1, 0.15) is 143 Å². The van der Waals surface area contributed by atoms with E-state index in [1.165, 1.54) is 64.2 Å². The monoisotopic (exact) mass is 526 g/mol. The third-order valence-electron chi connectivity index (χ3n) is 6.62. The number of hydrogen-bond acceptors (Lipinski definition) is 5. The zero-order valence-corrected chi connectivity index (χ0v) is 24.8. The van der Waals surface area contributed by atoms with E-state index in [1.807, 2.05) is 32.9 Å². The van der Waals surface area contributed by atoms with Gasteiger partial charge in [-0.2, -0.15) is 0 Å². The maximum Gasteiger partial charge on any atom is 0.294 e. The van der Waals surface area contributed by atoms with E-state index in [1.54, 1.807) is 11.9 Å². The van der Waals surface area contributed by atoms with Gasteiger partial charge < -0.3 is 9.74 Å². The van der Waals surface area contributed by atoms with Gasteiger partial charge in [0.1, 0.15) is 5.78 Å². The van der Waals surface area contributed by atoms with E-state index in [0.717, 1.165) is 38.0 Å². The Labute approximate surface area is 227 Å². The van der Waals surface area contributed by atoms with Crippen LogP contribution in [0.5, 0.6) is 0 Å². The van der Waals surface area contributed by atoms with Crippen molar-refractivity contribution in [2.24, 2.45) is 5.92 Å². The molecule has 1 aliphatic rings. The van der Waals surface area contributed by atoms with Gasteiger partial charge in [-0.1, -0.05) is 90.7 Å². The van der Waals surface area contributed by atoms with Crippen molar-refractivity contribution in [3.8, 4) is 0 Å². The van der Waals surface area contributed by atoms with Gasteiger partial charge in [0.2, 0.25) is 5.91 Å². The lowest BCUT2D eigenvalue weighted by Gasteiger charge is -2.20. The third-order valence-corrected chi connectivity index (χ3v) is 6.62. The number of allylic oxidation sites excluding steroid dienone is 2. The van der Waals surface area contributed by atoms with Gasteiger partial charge in [-0.25, -0.2) is 0 Å². The van der Waals surface area contributed by atoms with Gasteiger partial charge in [-0.3, -0.25) is 9.59 Å². The molecular formula is C30H58N2O5. The quantitative estimate of drug-likeness (QED) is 0.0728. The van der Waals surface area contributed by atoms with Crippen molar-refractivity contribution in [2.45, 2.75) is 143 Å². The summed E-state index contributed by atoms with van der Waals surface area (Å²) in [5.41, 5.74) is 0. The zero-order valence-electron chi connectivity index (χ0n) is 24.8. The first-order chi connectivity index (χ1) is 17.9. The van der Waals surface area contributed by atoms with E-state index >= 15 is 0 Å². The maximum absolute atomic E-state index is 11.7. The summed E-state index contributed by atoms with van der Waals surface area (Å²) in [5, 5.41) is 9.09. The predicted octanol–water partition coefficient (Wildman–Crippen LogP) is 8.48. The van der Waals surface area contributed by atoms with Gasteiger partial charge in [-0.15, -0.1) is 10.1 Å². The van der Waals surface area contributed by atoms with Gasteiger partial charge >= 0.3 is 0 Å². The number of hydrogen-bond donors (Lipinski definition) is 0. The molecule has 0 N–H and O–H groups in total. The molecule has 1 rings (SSSR count). The van der Waals surface area contributed by atoms with Crippen molar-refractivity contribution in [1.29, 1.82) is 0 Å². The van der Waals surface area contributed by atoms with Crippen molar-refractivity contribution in [1.82, 2.24) is 4.90 Å². The number of carbonyl (C=O) groups is 2. The topological polar surface area (TPSA) is 89.8 Å². The number of rotatable bonds is 19. The van der Waals surface area contributed by atoms with Crippen LogP contribution in [0.2, 0.25) is 0 Å². The lowest BCUT2D eigenvalue weighted by atomic mass is 9.85. The summed E-state index contributed by atoms with van der Waals surface area (Å²) in [4.78, 5) is 39.1. The van der Waals surface area contributed by atoms with Gasteiger partial charge in [0.25, 0.3) is 5.09 Å². The van der Waals surface area contributed by atoms with Gasteiger partial charge in [0, 0.05) is 32.9 Å². The molecule has 0 aliphatic heterocycles. The number of nitrogens with zero attached hydrogens (tertiary/aromatic N) is 2. The highest BCUT2D eigenvalue weighted by Crippen LogP contribution is 2.27. The normalized spacial score (nSPS) is 13.2. The Morgan fingerprint density at radius 1 is 0.946 bits per heavy atom. The van der Waals surface area contributed by atoms with Crippen LogP contribution in [0.3, 0.4) is 0 Å². The minimum atomic E-state index is -0.796. The first-order valence-corrected chi connectivity index (χ1v) is 15.0. The van der Waals surface area contributed by atoms with E-state index in [4.69, 9.17) is 0 Å². The molecule has 0 heterocycles. The molecule has 1 amide bonds. The van der Waals surface area contributed by atoms with Crippen LogP contribution >= 0.6 is 0 Å². The highest BCUT2D eigenvalue weighted by atomic mass is 16.9. The van der Waals surface area contributed by atoms with Crippen LogP contribution in [0.4, 0.5) is 0 Å². The molecule has 1 fully saturated rings. The molecule has 0 atom stereocenters. The largest absolute Gasteiger partial charge is 0.346 e. The average molecular weight is 527 g/mol. The number of carbonyl (C=O) groups excluding carboxylic acids is 2. The molecule has 0 aromatic heterocycles. The lowest BCUT2D eigenvalue weighted by molar-refractivity contribution is -0.757. The summed E-state index contributed by atoms with van der Waals surface area (Å²) in [6.07, 6.45) is 23.8. The van der Waals surface area contributed by atoms with Crippen molar-refractivity contribution in [3.05, 3.63) is 22.3 Å². The molecule has 0 unspecified atom stereocenters. The fourth-order valence-electron chi connectivity index (χ4n) is 4.34. The second-order valence-electron chi connectivity index (χ2n) is 9.79. The van der Waals surface area contributed by atoms with Crippen molar-refractivity contribution in [2.75, 3.05) is 20.2 Å². The molecule has 0 radical (unpaired) electrons. The summed E-state index contributed by atoms with van der Waals surface area (Å²) >= 11 is 0. The molecule has 37 heavy (non-hydrogen) atoms. The van der Waals surface area contributed by atoms with Crippen LogP contribution < -0.4 is 0 Å². The Balaban J connectivity index is 0. The summed E-state index contributed by atoms with van der Waals surface area (Å²) in [5.74, 6) is 1.51. The molecule has 218 valence electrons. The highest BCUT2D eigenvalue weighted by Gasteiger charge is 2.14. The third kappa shape index (κ3) is 26.9. The van der Waals surface area contributed by atoms with E-state index in [2.05, 4.69) is 11.8 Å². The number of ketones is 1. The van der Waals surface area contributed by atoms with Crippen LogP contribution in [-0.4, -0.2) is 41.9 Å². The molecular weight excluding hydrogens is 468 g/mol. The second-order valence-corrected chi connectivity index (χ2v) is 9.79. The maximum atomic E-state index is 11.7. The highest BCUT2D eigenvalue weighted by molar-refractivity contribution is 5.78. The molecule has 1 saturated carbocycles. The minimum Gasteiger partial charge on any atom is -0.346 e. The van der Waals surface area contributed by atoms with Gasteiger partial charge in [-0.05, 0) is 51.4 Å². The Morgan fingerprint density at radius 3 is 2.24 bits per heavy atom. The molecule has 7 heteroatoms. The molecule has 0 aromatic carbocycles. The summed E-state index contributed by atoms with van der Waals surface area (Å²) in [6, 6.07) is 0. The molecule has 7 nitrogen and oxygen atoms in total. The number of unbranched alkanes of at least 4 members (excludes halogenated alkanes) is 6. The Bertz CT molecular complexity index is 574. The van der Waals surface area contributed by atoms with E-state index < -0.39 is 5.09 Å². The van der Waals surface area contributed by atoms with E-state index in [-0.39, 0.29) is 12.5 Å². The number of amides is 1. The second kappa shape index (κ2) is 28.6. The predicted molar refractivity (Wildman–Crippen MR) is 154 cm³/mol. The fourth-order valence-corrected chi connectivity index (χ4v) is 4.34. The Kier molecular flexibility index (Phi) is 28.8. The standard InChI is InChI=1S/C16H30O.C12H22N2O4.C2H6/c1-2-3-4-5-9-12-16(17)14-13-15-10-7-6-8-11-15;1-3-4-5-6-9-12(15)13(2)10-7-8-11-18-14(16)17;1-2/h15H,2-14H2,1H3;3-4H,5-11H2,1-2H3;1-2H3/b;4-3-;. The first kappa shape index (κ1) is 37.2. The van der Waals surface area contributed by atoms with Crippen molar-refractivity contribution < 1.29 is 19.5 Å². The summed E-state index contributed by atoms with van der Waals surface area (Å²) < 4.78 is 0. The van der Waals surface area contributed by atoms with Crippen molar-refractivity contribution in [3.63, 3.8) is 0 Å². The molecule has 0 spiro atoms. The summed E-state index contributed by atoms with van der Waals surface area (Å²) in [7, 11) is 1.76. The van der Waals surface area contributed by atoms with Gasteiger partial charge in [0.15, 0.2) is 0 Å². The molecule has 1 aliphatic carbocycles. The summed E-state index contributed by atoms with van der Waals surface area (Å²) in [6.45, 7) is 8.90. The fraction of sp³-hybridized carbons (Fsp3) is 0.867. The van der Waals surface area contributed by atoms with E-state index in [9.17, 15) is 19.7 Å². The van der Waals surface area contributed by atoms with Crippen molar-refractivity contribution >= 4 is 11.7 Å². The van der Waals surface area contributed by atoms with Gasteiger partial charge in [0.05, 0.1) is 6.61 Å². The molecule has 0 aromatic rings. The Hall–Kier alpha value is -1.92. The smallest absolute Gasteiger partial charge is 0.294 e. The first-order valence-electron chi connectivity index (χ1n) is 15.0. The zero-order chi connectivity index (χ0) is 28.2. The van der Waals surface area contributed by atoms with Crippen LogP contribution in [0.15, 0.2) is 12.2 Å². The molecule has 0 bridgehead atoms. The van der Waals surface area contributed by atoms with Crippen LogP contribution in [0.25, 0.3) is 0 Å². The van der Waals surface area contributed by atoms with E-state index in [0.29, 0.717) is 31.6 Å². The SMILES string of the molecule is C/C=C\CCCC(=O)N(C)CCCCO[N+](=O)[O-].CC.CCCCCCCC(=O)CCC1CCCCC1. The Morgan fingerprint density at radius 2 is 1.62 bits per heavy atom. The van der Waals surface area contributed by atoms with Crippen LogP contribution in [0, 0.1) is 16.0 Å².